The normalized spacial score (nSPS) is 16.9. The molecule has 0 spiro atoms. The summed E-state index contributed by atoms with van der Waals surface area (Å²) in [5.41, 5.74) is 2.10. The van der Waals surface area contributed by atoms with Crippen LogP contribution < -0.4 is 0 Å². The molecular weight excluding hydrogens is 226 g/mol. The van der Waals surface area contributed by atoms with E-state index in [1.807, 2.05) is 6.26 Å². The van der Waals surface area contributed by atoms with Crippen LogP contribution in [0.5, 0.6) is 0 Å². The van der Waals surface area contributed by atoms with Crippen LogP contribution in [0.2, 0.25) is 0 Å². The summed E-state index contributed by atoms with van der Waals surface area (Å²) in [6, 6.07) is 0. The van der Waals surface area contributed by atoms with E-state index in [0.717, 1.165) is 9.99 Å². The number of rotatable bonds is 2. The first kappa shape index (κ1) is 9.54. The largest absolute Gasteiger partial charge is 0.239 e. The lowest BCUT2D eigenvalue weighted by Gasteiger charge is -2.24. The van der Waals surface area contributed by atoms with E-state index >= 15 is 0 Å². The topological polar surface area (TPSA) is 38.7 Å². The molecule has 0 unspecified atom stereocenters. The van der Waals surface area contributed by atoms with Crippen molar-refractivity contribution in [1.82, 2.24) is 15.0 Å². The zero-order chi connectivity index (χ0) is 10.3. The summed E-state index contributed by atoms with van der Waals surface area (Å²) in [6.07, 6.45) is 7.59. The molecule has 0 radical (unpaired) electrons. The molecular formula is C10H11N3S2. The van der Waals surface area contributed by atoms with E-state index in [1.165, 1.54) is 29.7 Å². The lowest BCUT2D eigenvalue weighted by molar-refractivity contribution is 0.414. The Morgan fingerprint density at radius 3 is 2.93 bits per heavy atom. The predicted molar refractivity (Wildman–Crippen MR) is 63.6 cm³/mol. The second kappa shape index (κ2) is 3.72. The van der Waals surface area contributed by atoms with E-state index in [1.54, 1.807) is 29.4 Å². The number of fused-ring (bicyclic) bond motifs is 1. The van der Waals surface area contributed by atoms with Gasteiger partial charge in [0.25, 0.3) is 0 Å². The third-order valence-electron chi connectivity index (χ3n) is 2.87. The third kappa shape index (κ3) is 1.54. The molecule has 1 aliphatic carbocycles. The van der Waals surface area contributed by atoms with Gasteiger partial charge >= 0.3 is 0 Å². The number of hydrogen-bond donors (Lipinski definition) is 0. The van der Waals surface area contributed by atoms with Gasteiger partial charge in [-0.15, -0.1) is 11.3 Å². The molecule has 1 saturated carbocycles. The molecule has 3 nitrogen and oxygen atoms in total. The summed E-state index contributed by atoms with van der Waals surface area (Å²) >= 11 is 3.41. The Hall–Kier alpha value is -0.680. The second-order valence-corrected chi connectivity index (χ2v) is 5.78. The molecule has 5 heteroatoms. The van der Waals surface area contributed by atoms with E-state index in [0.29, 0.717) is 5.92 Å². The maximum absolute atomic E-state index is 4.46. The maximum Gasteiger partial charge on any atom is 0.175 e. The summed E-state index contributed by atoms with van der Waals surface area (Å²) in [4.78, 5) is 13.1. The fourth-order valence-electron chi connectivity index (χ4n) is 1.81. The van der Waals surface area contributed by atoms with E-state index in [2.05, 4.69) is 15.0 Å². The minimum Gasteiger partial charge on any atom is -0.239 e. The number of nitrogens with zero attached hydrogens (tertiary/aromatic N) is 3. The fraction of sp³-hybridized carbons (Fsp3) is 0.500. The molecule has 0 atom stereocenters. The maximum atomic E-state index is 4.46. The molecule has 15 heavy (non-hydrogen) atoms. The van der Waals surface area contributed by atoms with Gasteiger partial charge in [-0.25, -0.2) is 15.0 Å². The standard InChI is InChI=1S/C10H11N3S2/c1-14-10-13-9-8(15-10)7(11-5-12-9)6-3-2-4-6/h5-6H,2-4H2,1H3. The highest BCUT2D eigenvalue weighted by Crippen LogP contribution is 2.40. The van der Waals surface area contributed by atoms with Crippen LogP contribution in [0.3, 0.4) is 0 Å². The lowest BCUT2D eigenvalue weighted by atomic mass is 9.83. The highest BCUT2D eigenvalue weighted by Gasteiger charge is 2.24. The second-order valence-electron chi connectivity index (χ2n) is 3.72. The first-order valence-electron chi connectivity index (χ1n) is 5.04. The zero-order valence-corrected chi connectivity index (χ0v) is 10.1. The van der Waals surface area contributed by atoms with Crippen molar-refractivity contribution in [1.29, 1.82) is 0 Å². The molecule has 2 heterocycles. The van der Waals surface area contributed by atoms with Crippen LogP contribution in [0.25, 0.3) is 10.3 Å². The van der Waals surface area contributed by atoms with Gasteiger partial charge < -0.3 is 0 Å². The molecule has 0 N–H and O–H groups in total. The molecule has 1 aliphatic rings. The van der Waals surface area contributed by atoms with Crippen molar-refractivity contribution >= 4 is 33.4 Å². The number of hydrogen-bond acceptors (Lipinski definition) is 5. The number of thiazole rings is 1. The van der Waals surface area contributed by atoms with Crippen molar-refractivity contribution in [2.75, 3.05) is 6.26 Å². The smallest absolute Gasteiger partial charge is 0.175 e. The third-order valence-corrected chi connectivity index (χ3v) is 4.92. The summed E-state index contributed by atoms with van der Waals surface area (Å²) in [6.45, 7) is 0. The summed E-state index contributed by atoms with van der Waals surface area (Å²) in [5, 5.41) is 0. The van der Waals surface area contributed by atoms with Crippen molar-refractivity contribution < 1.29 is 0 Å². The van der Waals surface area contributed by atoms with Gasteiger partial charge in [-0.2, -0.15) is 0 Å². The molecule has 0 saturated heterocycles. The molecule has 78 valence electrons. The quantitative estimate of drug-likeness (QED) is 0.752. The van der Waals surface area contributed by atoms with Gasteiger partial charge in [0.2, 0.25) is 0 Å². The fourth-order valence-corrected chi connectivity index (χ4v) is 3.39. The molecule has 0 amide bonds. The van der Waals surface area contributed by atoms with E-state index < -0.39 is 0 Å². The Morgan fingerprint density at radius 1 is 1.40 bits per heavy atom. The Labute approximate surface area is 96.4 Å². The van der Waals surface area contributed by atoms with Crippen molar-refractivity contribution in [3.05, 3.63) is 12.0 Å². The summed E-state index contributed by atoms with van der Waals surface area (Å²) in [7, 11) is 0. The Bertz CT molecular complexity index is 490. The molecule has 3 rings (SSSR count). The Balaban J connectivity index is 2.15. The van der Waals surface area contributed by atoms with Gasteiger partial charge in [0.05, 0.1) is 10.4 Å². The lowest BCUT2D eigenvalue weighted by Crippen LogP contribution is -2.10. The van der Waals surface area contributed by atoms with Crippen molar-refractivity contribution in [2.45, 2.75) is 29.5 Å². The van der Waals surface area contributed by atoms with E-state index in [4.69, 9.17) is 0 Å². The average molecular weight is 237 g/mol. The first-order valence-corrected chi connectivity index (χ1v) is 7.08. The first-order chi connectivity index (χ1) is 7.38. The van der Waals surface area contributed by atoms with Gasteiger partial charge in [-0.1, -0.05) is 18.2 Å². The molecule has 1 fully saturated rings. The number of aromatic nitrogens is 3. The van der Waals surface area contributed by atoms with Crippen molar-refractivity contribution in [3.8, 4) is 0 Å². The highest BCUT2D eigenvalue weighted by atomic mass is 32.2. The van der Waals surface area contributed by atoms with Crippen LogP contribution in [0, 0.1) is 0 Å². The van der Waals surface area contributed by atoms with Crippen molar-refractivity contribution in [3.63, 3.8) is 0 Å². The van der Waals surface area contributed by atoms with E-state index in [-0.39, 0.29) is 0 Å². The summed E-state index contributed by atoms with van der Waals surface area (Å²) < 4.78 is 2.29. The van der Waals surface area contributed by atoms with Gasteiger partial charge in [-0.3, -0.25) is 0 Å². The average Bonchev–Trinajstić information content (AvgIpc) is 2.59. The number of thioether (sulfide) groups is 1. The molecule has 2 aromatic rings. The van der Waals surface area contributed by atoms with Gasteiger partial charge in [0, 0.05) is 5.92 Å². The molecule has 0 aromatic carbocycles. The minimum atomic E-state index is 0.658. The summed E-state index contributed by atoms with van der Waals surface area (Å²) in [5.74, 6) is 0.658. The van der Waals surface area contributed by atoms with Gasteiger partial charge in [0.15, 0.2) is 9.99 Å². The molecule has 0 aliphatic heterocycles. The molecule has 0 bridgehead atoms. The van der Waals surface area contributed by atoms with Crippen LogP contribution in [0.1, 0.15) is 30.9 Å². The van der Waals surface area contributed by atoms with Crippen LogP contribution in [-0.4, -0.2) is 21.2 Å². The van der Waals surface area contributed by atoms with Crippen LogP contribution in [0.4, 0.5) is 0 Å². The Morgan fingerprint density at radius 2 is 2.27 bits per heavy atom. The zero-order valence-electron chi connectivity index (χ0n) is 8.43. The van der Waals surface area contributed by atoms with Crippen LogP contribution in [0.15, 0.2) is 10.7 Å². The van der Waals surface area contributed by atoms with Crippen LogP contribution in [-0.2, 0) is 0 Å². The highest BCUT2D eigenvalue weighted by molar-refractivity contribution is 8.00. The van der Waals surface area contributed by atoms with Crippen LogP contribution >= 0.6 is 23.1 Å². The predicted octanol–water partition coefficient (Wildman–Crippen LogP) is 3.08. The van der Waals surface area contributed by atoms with E-state index in [9.17, 15) is 0 Å². The van der Waals surface area contributed by atoms with Gasteiger partial charge in [0.1, 0.15) is 6.33 Å². The minimum absolute atomic E-state index is 0.658. The van der Waals surface area contributed by atoms with Crippen molar-refractivity contribution in [2.24, 2.45) is 0 Å². The Kier molecular flexibility index (Phi) is 2.36. The van der Waals surface area contributed by atoms with Gasteiger partial charge in [-0.05, 0) is 19.1 Å². The monoisotopic (exact) mass is 237 g/mol. The SMILES string of the molecule is CSc1nc2ncnc(C3CCC3)c2s1. The molecule has 2 aromatic heterocycles.